The van der Waals surface area contributed by atoms with Gasteiger partial charge in [-0.2, -0.15) is 4.98 Å². The zero-order chi connectivity index (χ0) is 13.3. The Morgan fingerprint density at radius 2 is 2.28 bits per heavy atom. The molecule has 6 nitrogen and oxygen atoms in total. The number of carbonyl (C=O) groups is 1. The number of carboxylic acids is 1. The Hall–Kier alpha value is -1.85. The number of anilines is 2. The molecule has 1 aromatic rings. The lowest BCUT2D eigenvalue weighted by molar-refractivity contribution is -0.140. The summed E-state index contributed by atoms with van der Waals surface area (Å²) in [6.07, 6.45) is 2.44. The standard InChI is InChI=1S/C12H18N4O2/c1-8-6-13-12(14-10(8)15(2)3)16-5-4-9(7-16)11(17)18/h6,9H,4-5,7H2,1-3H3,(H,17,18). The molecule has 6 heteroatoms. The first-order chi connectivity index (χ1) is 8.49. The lowest BCUT2D eigenvalue weighted by Crippen LogP contribution is -2.25. The summed E-state index contributed by atoms with van der Waals surface area (Å²) in [4.78, 5) is 23.6. The highest BCUT2D eigenvalue weighted by Crippen LogP contribution is 2.23. The number of hydrogen-bond acceptors (Lipinski definition) is 5. The van der Waals surface area contributed by atoms with Gasteiger partial charge in [0.1, 0.15) is 5.82 Å². The molecule has 0 radical (unpaired) electrons. The molecule has 0 amide bonds. The quantitative estimate of drug-likeness (QED) is 0.854. The van der Waals surface area contributed by atoms with Gasteiger partial charge in [-0.3, -0.25) is 4.79 Å². The zero-order valence-electron chi connectivity index (χ0n) is 10.9. The molecule has 0 aliphatic carbocycles. The first-order valence-electron chi connectivity index (χ1n) is 5.97. The van der Waals surface area contributed by atoms with Gasteiger partial charge >= 0.3 is 5.97 Å². The van der Waals surface area contributed by atoms with Crippen LogP contribution >= 0.6 is 0 Å². The number of aliphatic carboxylic acids is 1. The Balaban J connectivity index is 2.20. The highest BCUT2D eigenvalue weighted by Gasteiger charge is 2.29. The van der Waals surface area contributed by atoms with E-state index in [1.807, 2.05) is 30.8 Å². The molecule has 1 atom stereocenters. The monoisotopic (exact) mass is 250 g/mol. The van der Waals surface area contributed by atoms with Crippen LogP contribution in [0.15, 0.2) is 6.20 Å². The maximum atomic E-state index is 10.9. The Morgan fingerprint density at radius 3 is 2.83 bits per heavy atom. The largest absolute Gasteiger partial charge is 0.481 e. The lowest BCUT2D eigenvalue weighted by atomic mass is 10.1. The van der Waals surface area contributed by atoms with Gasteiger partial charge in [-0.25, -0.2) is 4.98 Å². The normalized spacial score (nSPS) is 19.1. The highest BCUT2D eigenvalue weighted by atomic mass is 16.4. The lowest BCUT2D eigenvalue weighted by Gasteiger charge is -2.19. The van der Waals surface area contributed by atoms with Crippen molar-refractivity contribution < 1.29 is 9.90 Å². The molecule has 18 heavy (non-hydrogen) atoms. The van der Waals surface area contributed by atoms with Crippen molar-refractivity contribution in [2.45, 2.75) is 13.3 Å². The van der Waals surface area contributed by atoms with Crippen LogP contribution in [-0.2, 0) is 4.79 Å². The van der Waals surface area contributed by atoms with E-state index in [-0.39, 0.29) is 5.92 Å². The van der Waals surface area contributed by atoms with Gasteiger partial charge < -0.3 is 14.9 Å². The van der Waals surface area contributed by atoms with E-state index < -0.39 is 5.97 Å². The van der Waals surface area contributed by atoms with Crippen molar-refractivity contribution in [1.82, 2.24) is 9.97 Å². The van der Waals surface area contributed by atoms with Gasteiger partial charge in [0, 0.05) is 38.9 Å². The van der Waals surface area contributed by atoms with Crippen LogP contribution in [0.25, 0.3) is 0 Å². The van der Waals surface area contributed by atoms with E-state index in [2.05, 4.69) is 9.97 Å². The van der Waals surface area contributed by atoms with Gasteiger partial charge in [0.25, 0.3) is 0 Å². The van der Waals surface area contributed by atoms with Gasteiger partial charge in [0.2, 0.25) is 5.95 Å². The van der Waals surface area contributed by atoms with E-state index in [0.717, 1.165) is 11.4 Å². The molecular weight excluding hydrogens is 232 g/mol. The summed E-state index contributed by atoms with van der Waals surface area (Å²) < 4.78 is 0. The van der Waals surface area contributed by atoms with Crippen molar-refractivity contribution in [3.8, 4) is 0 Å². The van der Waals surface area contributed by atoms with Crippen LogP contribution in [0.2, 0.25) is 0 Å². The number of rotatable bonds is 3. The number of carboxylic acid groups (broad SMARTS) is 1. The summed E-state index contributed by atoms with van der Waals surface area (Å²) >= 11 is 0. The van der Waals surface area contributed by atoms with Crippen LogP contribution in [0.3, 0.4) is 0 Å². The molecule has 98 valence electrons. The predicted molar refractivity (Wildman–Crippen MR) is 69.1 cm³/mol. The van der Waals surface area contributed by atoms with Crippen molar-refractivity contribution in [3.63, 3.8) is 0 Å². The fourth-order valence-corrected chi connectivity index (χ4v) is 2.17. The van der Waals surface area contributed by atoms with E-state index in [1.54, 1.807) is 6.20 Å². The average molecular weight is 250 g/mol. The van der Waals surface area contributed by atoms with Gasteiger partial charge in [-0.05, 0) is 13.3 Å². The average Bonchev–Trinajstić information content (AvgIpc) is 2.78. The molecule has 1 N–H and O–H groups in total. The molecule has 1 aromatic heterocycles. The van der Waals surface area contributed by atoms with Crippen LogP contribution in [0.5, 0.6) is 0 Å². The highest BCUT2D eigenvalue weighted by molar-refractivity contribution is 5.71. The molecule has 1 aliphatic rings. The minimum Gasteiger partial charge on any atom is -0.481 e. The van der Waals surface area contributed by atoms with E-state index in [4.69, 9.17) is 5.11 Å². The molecule has 1 fully saturated rings. The van der Waals surface area contributed by atoms with Crippen LogP contribution in [-0.4, -0.2) is 48.2 Å². The number of nitrogens with zero attached hydrogens (tertiary/aromatic N) is 4. The SMILES string of the molecule is Cc1cnc(N2CCC(C(=O)O)C2)nc1N(C)C. The van der Waals surface area contributed by atoms with E-state index in [1.165, 1.54) is 0 Å². The summed E-state index contributed by atoms with van der Waals surface area (Å²) in [6.45, 7) is 3.15. The molecule has 2 rings (SSSR count). The van der Waals surface area contributed by atoms with Crippen molar-refractivity contribution in [2.24, 2.45) is 5.92 Å². The number of aromatic nitrogens is 2. The van der Waals surface area contributed by atoms with Crippen LogP contribution in [0, 0.1) is 12.8 Å². The predicted octanol–water partition coefficient (Wildman–Crippen LogP) is 0.762. The second kappa shape index (κ2) is 4.80. The Kier molecular flexibility index (Phi) is 3.36. The second-order valence-electron chi connectivity index (χ2n) is 4.84. The summed E-state index contributed by atoms with van der Waals surface area (Å²) in [7, 11) is 3.87. The van der Waals surface area contributed by atoms with Gasteiger partial charge in [0.15, 0.2) is 0 Å². The number of hydrogen-bond donors (Lipinski definition) is 1. The third-order valence-corrected chi connectivity index (χ3v) is 3.18. The molecule has 1 saturated heterocycles. The second-order valence-corrected chi connectivity index (χ2v) is 4.84. The molecule has 1 aliphatic heterocycles. The molecule has 0 spiro atoms. The summed E-state index contributed by atoms with van der Waals surface area (Å²) in [5.41, 5.74) is 1.01. The Bertz CT molecular complexity index is 461. The maximum absolute atomic E-state index is 10.9. The summed E-state index contributed by atoms with van der Waals surface area (Å²) in [5.74, 6) is 0.446. The maximum Gasteiger partial charge on any atom is 0.308 e. The Labute approximate surface area is 106 Å². The van der Waals surface area contributed by atoms with E-state index >= 15 is 0 Å². The van der Waals surface area contributed by atoms with Gasteiger partial charge in [-0.15, -0.1) is 0 Å². The molecule has 0 saturated carbocycles. The van der Waals surface area contributed by atoms with Crippen LogP contribution < -0.4 is 9.80 Å². The molecule has 2 heterocycles. The van der Waals surface area contributed by atoms with E-state index in [9.17, 15) is 4.79 Å². The minimum absolute atomic E-state index is 0.308. The van der Waals surface area contributed by atoms with E-state index in [0.29, 0.717) is 25.5 Å². The van der Waals surface area contributed by atoms with Crippen molar-refractivity contribution in [1.29, 1.82) is 0 Å². The third-order valence-electron chi connectivity index (χ3n) is 3.18. The third kappa shape index (κ3) is 2.37. The first-order valence-corrected chi connectivity index (χ1v) is 5.97. The van der Waals surface area contributed by atoms with Crippen molar-refractivity contribution in [3.05, 3.63) is 11.8 Å². The topological polar surface area (TPSA) is 69.6 Å². The van der Waals surface area contributed by atoms with Crippen molar-refractivity contribution >= 4 is 17.7 Å². The molecule has 0 bridgehead atoms. The van der Waals surface area contributed by atoms with Crippen LogP contribution in [0.1, 0.15) is 12.0 Å². The van der Waals surface area contributed by atoms with Crippen LogP contribution in [0.4, 0.5) is 11.8 Å². The molecular formula is C12H18N4O2. The molecule has 0 aromatic carbocycles. The first kappa shape index (κ1) is 12.6. The fraction of sp³-hybridized carbons (Fsp3) is 0.583. The molecule has 1 unspecified atom stereocenters. The van der Waals surface area contributed by atoms with Gasteiger partial charge in [0.05, 0.1) is 5.92 Å². The fourth-order valence-electron chi connectivity index (χ4n) is 2.17. The summed E-state index contributed by atoms with van der Waals surface area (Å²) in [6, 6.07) is 0. The smallest absolute Gasteiger partial charge is 0.308 e. The Morgan fingerprint density at radius 1 is 1.56 bits per heavy atom. The zero-order valence-corrected chi connectivity index (χ0v) is 10.9. The summed E-state index contributed by atoms with van der Waals surface area (Å²) in [5, 5.41) is 8.99. The van der Waals surface area contributed by atoms with Gasteiger partial charge in [-0.1, -0.05) is 0 Å². The minimum atomic E-state index is -0.738. The van der Waals surface area contributed by atoms with Crippen molar-refractivity contribution in [2.75, 3.05) is 37.0 Å². The number of aryl methyl sites for hydroxylation is 1.